The molecule has 1 aromatic rings. The molecule has 1 saturated carbocycles. The van der Waals surface area contributed by atoms with E-state index in [1.807, 2.05) is 0 Å². The fraction of sp³-hybridized carbons (Fsp3) is 0.556. The minimum absolute atomic E-state index is 0.0705. The van der Waals surface area contributed by atoms with Crippen LogP contribution in [0.1, 0.15) is 37.7 Å². The molecular weight excluding hydrogens is 309 g/mol. The molecular formula is C18H24FN3O2. The van der Waals surface area contributed by atoms with Gasteiger partial charge in [0.1, 0.15) is 12.4 Å². The molecule has 0 spiro atoms. The Kier molecular flexibility index (Phi) is 5.33. The Labute approximate surface area is 141 Å². The molecule has 1 aromatic carbocycles. The average molecular weight is 333 g/mol. The zero-order valence-corrected chi connectivity index (χ0v) is 13.8. The van der Waals surface area contributed by atoms with Crippen molar-refractivity contribution in [1.82, 2.24) is 15.1 Å². The fourth-order valence-corrected chi connectivity index (χ4v) is 3.43. The maximum absolute atomic E-state index is 12.9. The van der Waals surface area contributed by atoms with Gasteiger partial charge >= 0.3 is 6.03 Å². The van der Waals surface area contributed by atoms with Crippen LogP contribution in [0.2, 0.25) is 0 Å². The number of urea groups is 1. The SMILES string of the molecule is O=C(CN1CCN(Cc2ccc(F)cc2)C1=O)NC1CCCCC1. The van der Waals surface area contributed by atoms with Gasteiger partial charge in [0.15, 0.2) is 0 Å². The number of carbonyl (C=O) groups is 2. The highest BCUT2D eigenvalue weighted by atomic mass is 19.1. The van der Waals surface area contributed by atoms with Gasteiger partial charge < -0.3 is 15.1 Å². The summed E-state index contributed by atoms with van der Waals surface area (Å²) >= 11 is 0. The topological polar surface area (TPSA) is 52.7 Å². The third-order valence-corrected chi connectivity index (χ3v) is 4.77. The van der Waals surface area contributed by atoms with E-state index < -0.39 is 0 Å². The number of hydrogen-bond donors (Lipinski definition) is 1. The number of hydrogen-bond acceptors (Lipinski definition) is 2. The average Bonchev–Trinajstić information content (AvgIpc) is 2.91. The van der Waals surface area contributed by atoms with Crippen LogP contribution in [-0.4, -0.2) is 47.4 Å². The van der Waals surface area contributed by atoms with Crippen LogP contribution in [0, 0.1) is 5.82 Å². The van der Waals surface area contributed by atoms with Crippen molar-refractivity contribution in [3.63, 3.8) is 0 Å². The first-order chi connectivity index (χ1) is 11.6. The van der Waals surface area contributed by atoms with Gasteiger partial charge in [-0.1, -0.05) is 31.4 Å². The van der Waals surface area contributed by atoms with E-state index in [1.54, 1.807) is 21.9 Å². The summed E-state index contributed by atoms with van der Waals surface area (Å²) in [4.78, 5) is 27.8. The van der Waals surface area contributed by atoms with Crippen molar-refractivity contribution in [1.29, 1.82) is 0 Å². The van der Waals surface area contributed by atoms with Gasteiger partial charge in [-0.2, -0.15) is 0 Å². The maximum Gasteiger partial charge on any atom is 0.320 e. The number of benzene rings is 1. The molecule has 2 fully saturated rings. The van der Waals surface area contributed by atoms with Crippen LogP contribution in [0.5, 0.6) is 0 Å². The van der Waals surface area contributed by atoms with Gasteiger partial charge in [0, 0.05) is 25.7 Å². The van der Waals surface area contributed by atoms with Crippen LogP contribution >= 0.6 is 0 Å². The molecule has 0 bridgehead atoms. The summed E-state index contributed by atoms with van der Waals surface area (Å²) < 4.78 is 12.9. The highest BCUT2D eigenvalue weighted by Gasteiger charge is 2.30. The lowest BCUT2D eigenvalue weighted by atomic mass is 9.95. The summed E-state index contributed by atoms with van der Waals surface area (Å²) in [6.07, 6.45) is 5.65. The lowest BCUT2D eigenvalue weighted by Gasteiger charge is -2.24. The standard InChI is InChI=1S/C18H24FN3O2/c19-15-8-6-14(7-9-15)12-21-10-11-22(18(21)24)13-17(23)20-16-4-2-1-3-5-16/h6-9,16H,1-5,10-13H2,(H,20,23). The molecule has 1 aliphatic carbocycles. The van der Waals surface area contributed by atoms with E-state index in [1.165, 1.54) is 31.4 Å². The van der Waals surface area contributed by atoms with Gasteiger partial charge in [0.25, 0.3) is 0 Å². The predicted molar refractivity (Wildman–Crippen MR) is 88.8 cm³/mol. The normalized spacial score (nSPS) is 19.0. The third kappa shape index (κ3) is 4.24. The van der Waals surface area contributed by atoms with Gasteiger partial charge in [0.2, 0.25) is 5.91 Å². The van der Waals surface area contributed by atoms with Crippen molar-refractivity contribution in [3.8, 4) is 0 Å². The van der Waals surface area contributed by atoms with Crippen LogP contribution in [0.25, 0.3) is 0 Å². The molecule has 0 unspecified atom stereocenters. The molecule has 1 aliphatic heterocycles. The van der Waals surface area contributed by atoms with Gasteiger partial charge in [-0.15, -0.1) is 0 Å². The second-order valence-corrected chi connectivity index (χ2v) is 6.65. The molecule has 5 nitrogen and oxygen atoms in total. The Morgan fingerprint density at radius 1 is 1.08 bits per heavy atom. The lowest BCUT2D eigenvalue weighted by Crippen LogP contribution is -2.44. The lowest BCUT2D eigenvalue weighted by molar-refractivity contribution is -0.122. The first-order valence-corrected chi connectivity index (χ1v) is 8.69. The Hall–Kier alpha value is -2.11. The van der Waals surface area contributed by atoms with Gasteiger partial charge in [0.05, 0.1) is 0 Å². The van der Waals surface area contributed by atoms with Crippen LogP contribution in [0.3, 0.4) is 0 Å². The monoisotopic (exact) mass is 333 g/mol. The Morgan fingerprint density at radius 3 is 2.46 bits per heavy atom. The minimum atomic E-state index is -0.285. The van der Waals surface area contributed by atoms with Crippen LogP contribution in [0.4, 0.5) is 9.18 Å². The number of rotatable bonds is 5. The predicted octanol–water partition coefficient (Wildman–Crippen LogP) is 2.51. The highest BCUT2D eigenvalue weighted by molar-refractivity contribution is 5.85. The summed E-state index contributed by atoms with van der Waals surface area (Å²) in [7, 11) is 0. The molecule has 1 heterocycles. The first-order valence-electron chi connectivity index (χ1n) is 8.69. The second kappa shape index (κ2) is 7.64. The summed E-state index contributed by atoms with van der Waals surface area (Å²) in [5, 5.41) is 3.04. The summed E-state index contributed by atoms with van der Waals surface area (Å²) in [6.45, 7) is 1.71. The molecule has 3 rings (SSSR count). The first kappa shape index (κ1) is 16.7. The second-order valence-electron chi connectivity index (χ2n) is 6.65. The zero-order chi connectivity index (χ0) is 16.9. The Balaban J connectivity index is 1.48. The number of carbonyl (C=O) groups excluding carboxylic acids is 2. The fourth-order valence-electron chi connectivity index (χ4n) is 3.43. The van der Waals surface area contributed by atoms with Crippen LogP contribution in [-0.2, 0) is 11.3 Å². The van der Waals surface area contributed by atoms with Crippen molar-refractivity contribution in [3.05, 3.63) is 35.6 Å². The largest absolute Gasteiger partial charge is 0.352 e. The van der Waals surface area contributed by atoms with E-state index in [9.17, 15) is 14.0 Å². The van der Waals surface area contributed by atoms with Gasteiger partial charge in [-0.25, -0.2) is 9.18 Å². The van der Waals surface area contributed by atoms with E-state index in [4.69, 9.17) is 0 Å². The van der Waals surface area contributed by atoms with Gasteiger partial charge in [-0.05, 0) is 30.5 Å². The van der Waals surface area contributed by atoms with Crippen molar-refractivity contribution in [2.75, 3.05) is 19.6 Å². The van der Waals surface area contributed by atoms with Crippen molar-refractivity contribution in [2.45, 2.75) is 44.7 Å². The quantitative estimate of drug-likeness (QED) is 0.900. The van der Waals surface area contributed by atoms with E-state index in [0.717, 1.165) is 18.4 Å². The smallest absolute Gasteiger partial charge is 0.320 e. The van der Waals surface area contributed by atoms with Crippen LogP contribution in [0.15, 0.2) is 24.3 Å². The molecule has 6 heteroatoms. The highest BCUT2D eigenvalue weighted by Crippen LogP contribution is 2.18. The number of halogens is 1. The molecule has 0 radical (unpaired) electrons. The summed E-state index contributed by atoms with van der Waals surface area (Å²) in [6, 6.07) is 6.29. The van der Waals surface area contributed by atoms with E-state index in [2.05, 4.69) is 5.32 Å². The molecule has 2 aliphatic rings. The molecule has 0 aromatic heterocycles. The summed E-state index contributed by atoms with van der Waals surface area (Å²) in [5.74, 6) is -0.355. The minimum Gasteiger partial charge on any atom is -0.352 e. The van der Waals surface area contributed by atoms with Crippen molar-refractivity contribution in [2.24, 2.45) is 0 Å². The zero-order valence-electron chi connectivity index (χ0n) is 13.8. The Morgan fingerprint density at radius 2 is 1.75 bits per heavy atom. The van der Waals surface area contributed by atoms with E-state index >= 15 is 0 Å². The van der Waals surface area contributed by atoms with Gasteiger partial charge in [-0.3, -0.25) is 4.79 Å². The van der Waals surface area contributed by atoms with Crippen molar-refractivity contribution >= 4 is 11.9 Å². The molecule has 24 heavy (non-hydrogen) atoms. The molecule has 130 valence electrons. The molecule has 3 amide bonds. The van der Waals surface area contributed by atoms with Crippen LogP contribution < -0.4 is 5.32 Å². The molecule has 1 N–H and O–H groups in total. The Bertz CT molecular complexity index is 584. The van der Waals surface area contributed by atoms with E-state index in [-0.39, 0.29) is 30.3 Å². The van der Waals surface area contributed by atoms with E-state index in [0.29, 0.717) is 19.6 Å². The number of nitrogens with zero attached hydrogens (tertiary/aromatic N) is 2. The number of amides is 3. The molecule has 0 atom stereocenters. The van der Waals surface area contributed by atoms with Crippen molar-refractivity contribution < 1.29 is 14.0 Å². The number of nitrogens with one attached hydrogen (secondary N) is 1. The molecule has 1 saturated heterocycles. The third-order valence-electron chi connectivity index (χ3n) is 4.77. The summed E-state index contributed by atoms with van der Waals surface area (Å²) in [5.41, 5.74) is 0.887. The maximum atomic E-state index is 12.9.